The molecule has 0 bridgehead atoms. The number of allylic oxidation sites excluding steroid dienone is 8. The number of carbonyl (C=O) groups is 2. The minimum absolute atomic E-state index is 0. The van der Waals surface area contributed by atoms with E-state index in [4.69, 9.17) is 5.41 Å². The second-order valence-electron chi connectivity index (χ2n) is 6.95. The first-order valence-corrected chi connectivity index (χ1v) is 9.78. The van der Waals surface area contributed by atoms with E-state index in [1.165, 1.54) is 7.11 Å². The van der Waals surface area contributed by atoms with E-state index in [-0.39, 0.29) is 13.4 Å². The monoisotopic (exact) mass is 424 g/mol. The molecule has 0 spiro atoms. The van der Waals surface area contributed by atoms with Crippen LogP contribution in [0.15, 0.2) is 59.4 Å². The highest BCUT2D eigenvalue weighted by atomic mass is 16.5. The first-order valence-electron chi connectivity index (χ1n) is 9.78. The first kappa shape index (κ1) is 25.6. The highest BCUT2D eigenvalue weighted by molar-refractivity contribution is 6.10. The van der Waals surface area contributed by atoms with Crippen molar-refractivity contribution in [3.05, 3.63) is 65.2 Å². The molecule has 0 aliphatic heterocycles. The number of aromatic amines is 1. The van der Waals surface area contributed by atoms with Gasteiger partial charge in [0, 0.05) is 12.6 Å². The average Bonchev–Trinajstić information content (AvgIpc) is 3.26. The number of hydrogen-bond donors (Lipinski definition) is 3. The third kappa shape index (κ3) is 8.04. The average molecular weight is 425 g/mol. The molecular formula is C24H32N4O3. The molecule has 2 aliphatic carbocycles. The van der Waals surface area contributed by atoms with Gasteiger partial charge < -0.3 is 20.4 Å². The van der Waals surface area contributed by atoms with Crippen molar-refractivity contribution in [3.63, 3.8) is 0 Å². The van der Waals surface area contributed by atoms with Crippen molar-refractivity contribution in [2.24, 2.45) is 5.92 Å². The van der Waals surface area contributed by atoms with Crippen LogP contribution in [0.3, 0.4) is 0 Å². The summed E-state index contributed by atoms with van der Waals surface area (Å²) in [6.45, 7) is 2.17. The molecule has 166 valence electrons. The van der Waals surface area contributed by atoms with Gasteiger partial charge >= 0.3 is 5.97 Å². The van der Waals surface area contributed by atoms with E-state index in [0.29, 0.717) is 30.0 Å². The van der Waals surface area contributed by atoms with Crippen molar-refractivity contribution in [3.8, 4) is 0 Å². The van der Waals surface area contributed by atoms with Crippen LogP contribution >= 0.6 is 0 Å². The fourth-order valence-corrected chi connectivity index (χ4v) is 2.79. The van der Waals surface area contributed by atoms with Crippen LogP contribution in [0.4, 0.5) is 5.82 Å². The zero-order valence-corrected chi connectivity index (χ0v) is 17.6. The Morgan fingerprint density at radius 1 is 1.35 bits per heavy atom. The van der Waals surface area contributed by atoms with Gasteiger partial charge in [0.15, 0.2) is 0 Å². The molecule has 0 aromatic carbocycles. The van der Waals surface area contributed by atoms with E-state index in [2.05, 4.69) is 39.1 Å². The maximum Gasteiger partial charge on any atom is 0.333 e. The first-order chi connectivity index (χ1) is 14.5. The molecule has 1 aromatic heterocycles. The van der Waals surface area contributed by atoms with E-state index < -0.39 is 0 Å². The molecule has 1 heterocycles. The van der Waals surface area contributed by atoms with E-state index in [1.54, 1.807) is 24.4 Å². The fraction of sp³-hybridized carbons (Fsp3) is 0.333. The Morgan fingerprint density at radius 2 is 2.13 bits per heavy atom. The molecule has 0 saturated heterocycles. The summed E-state index contributed by atoms with van der Waals surface area (Å²) < 4.78 is 4.53. The van der Waals surface area contributed by atoms with E-state index in [0.717, 1.165) is 35.5 Å². The van der Waals surface area contributed by atoms with E-state index >= 15 is 0 Å². The largest absolute Gasteiger partial charge is 0.466 e. The molecular weight excluding hydrogens is 392 g/mol. The second-order valence-corrected chi connectivity index (χ2v) is 6.95. The van der Waals surface area contributed by atoms with Crippen LogP contribution in [0.2, 0.25) is 0 Å². The number of aromatic nitrogens is 2. The van der Waals surface area contributed by atoms with Gasteiger partial charge in [0.25, 0.3) is 0 Å². The number of carbonyl (C=O) groups excluding carboxylic acids is 2. The maximum atomic E-state index is 11.0. The number of aldehydes is 1. The van der Waals surface area contributed by atoms with Crippen molar-refractivity contribution in [2.75, 3.05) is 19.5 Å². The second kappa shape index (κ2) is 13.0. The number of nitrogens with one attached hydrogen (secondary N) is 3. The van der Waals surface area contributed by atoms with Gasteiger partial charge in [-0.15, -0.1) is 0 Å². The summed E-state index contributed by atoms with van der Waals surface area (Å²) in [5.41, 5.74) is 2.84. The van der Waals surface area contributed by atoms with Crippen molar-refractivity contribution in [1.82, 2.24) is 9.97 Å². The highest BCUT2D eigenvalue weighted by Gasteiger charge is 2.12. The van der Waals surface area contributed by atoms with Crippen LogP contribution in [-0.2, 0) is 14.3 Å². The summed E-state index contributed by atoms with van der Waals surface area (Å²) in [6.07, 6.45) is 17.9. The van der Waals surface area contributed by atoms with Crippen LogP contribution in [-0.4, -0.2) is 42.1 Å². The number of H-pyrrole nitrogens is 1. The summed E-state index contributed by atoms with van der Waals surface area (Å²) in [6, 6.07) is 0. The van der Waals surface area contributed by atoms with Gasteiger partial charge in [-0.2, -0.15) is 0 Å². The molecule has 1 atom stereocenters. The molecule has 31 heavy (non-hydrogen) atoms. The molecule has 1 aromatic rings. The Bertz CT molecular complexity index is 932. The third-order valence-corrected chi connectivity index (χ3v) is 4.68. The molecule has 0 amide bonds. The molecule has 0 fully saturated rings. The van der Waals surface area contributed by atoms with Gasteiger partial charge in [0.1, 0.15) is 17.9 Å². The van der Waals surface area contributed by atoms with Crippen molar-refractivity contribution in [1.29, 1.82) is 5.41 Å². The molecule has 2 aliphatic rings. The van der Waals surface area contributed by atoms with Crippen LogP contribution in [0.1, 0.15) is 39.4 Å². The Balaban J connectivity index is 0.000000324. The lowest BCUT2D eigenvalue weighted by atomic mass is 9.96. The van der Waals surface area contributed by atoms with Crippen molar-refractivity contribution < 1.29 is 14.3 Å². The van der Waals surface area contributed by atoms with Gasteiger partial charge in [0.05, 0.1) is 19.0 Å². The van der Waals surface area contributed by atoms with E-state index in [1.807, 2.05) is 19.2 Å². The number of hydrogen-bond acceptors (Lipinski definition) is 6. The number of esters is 1. The van der Waals surface area contributed by atoms with Crippen molar-refractivity contribution in [2.45, 2.75) is 33.6 Å². The van der Waals surface area contributed by atoms with Crippen LogP contribution in [0, 0.1) is 11.3 Å². The fourth-order valence-electron chi connectivity index (χ4n) is 2.79. The van der Waals surface area contributed by atoms with Crippen LogP contribution in [0.25, 0.3) is 6.08 Å². The zero-order chi connectivity index (χ0) is 21.9. The van der Waals surface area contributed by atoms with Gasteiger partial charge in [-0.05, 0) is 48.5 Å². The predicted octanol–water partition coefficient (Wildman–Crippen LogP) is 4.65. The topological polar surface area (TPSA) is 108 Å². The lowest BCUT2D eigenvalue weighted by molar-refractivity contribution is -0.136. The smallest absolute Gasteiger partial charge is 0.333 e. The summed E-state index contributed by atoms with van der Waals surface area (Å²) in [7, 11) is 3.18. The van der Waals surface area contributed by atoms with Crippen molar-refractivity contribution >= 4 is 29.9 Å². The normalized spacial score (nSPS) is 17.3. The van der Waals surface area contributed by atoms with Gasteiger partial charge in [-0.3, -0.25) is 4.79 Å². The summed E-state index contributed by atoms with van der Waals surface area (Å²) in [4.78, 5) is 28.5. The molecule has 7 nitrogen and oxygen atoms in total. The summed E-state index contributed by atoms with van der Waals surface area (Å²) >= 11 is 0. The molecule has 0 radical (unpaired) electrons. The molecule has 7 heteroatoms. The van der Waals surface area contributed by atoms with Crippen LogP contribution in [0.5, 0.6) is 0 Å². The van der Waals surface area contributed by atoms with Crippen LogP contribution < -0.4 is 5.32 Å². The standard InChI is InChI=1S/C14H18N4.C9H10O3.CH4/c1-10-3-5-11(6-4-10)12(15)7-8-13-17-9-14(16-2)18-13;1-12-9(11)8-4-2-7(6-10)3-5-8;/h3,5-10,15-16H,4H2,1-2H3,(H,17,18);2,4,6H,3,5H2,1H3;1H4/b8-7-,15-12?;;. The number of ether oxygens (including phenoxy) is 1. The minimum atomic E-state index is -0.309. The van der Waals surface area contributed by atoms with E-state index in [9.17, 15) is 9.59 Å². The van der Waals surface area contributed by atoms with Gasteiger partial charge in [0.2, 0.25) is 0 Å². The third-order valence-electron chi connectivity index (χ3n) is 4.68. The SMILES string of the molecule is C.CNc1cnc(/C=C\C(=N)C2=CCC(C)C=C2)[nH]1.COC(=O)C1=CC=C(C=O)CC1. The molecule has 3 rings (SSSR count). The zero-order valence-electron chi connectivity index (χ0n) is 17.6. The molecule has 1 unspecified atom stereocenters. The lowest BCUT2D eigenvalue weighted by Crippen LogP contribution is -2.07. The Hall–Kier alpha value is -3.48. The Kier molecular flexibility index (Phi) is 10.7. The summed E-state index contributed by atoms with van der Waals surface area (Å²) in [5.74, 6) is 1.88. The number of anilines is 1. The quantitative estimate of drug-likeness (QED) is 0.350. The number of nitrogens with zero attached hydrogens (tertiary/aromatic N) is 1. The van der Waals surface area contributed by atoms with Gasteiger partial charge in [-0.25, -0.2) is 9.78 Å². The number of rotatable bonds is 6. The highest BCUT2D eigenvalue weighted by Crippen LogP contribution is 2.18. The summed E-state index contributed by atoms with van der Waals surface area (Å²) in [5, 5.41) is 11.0. The Labute approximate surface area is 184 Å². The Morgan fingerprint density at radius 3 is 2.65 bits per heavy atom. The molecule has 0 saturated carbocycles. The van der Waals surface area contributed by atoms with Gasteiger partial charge in [-0.1, -0.05) is 44.7 Å². The maximum absolute atomic E-state index is 11.0. The molecule has 3 N–H and O–H groups in total. The lowest BCUT2D eigenvalue weighted by Gasteiger charge is -2.10. The minimum Gasteiger partial charge on any atom is -0.466 e. The number of imidazole rings is 1. The predicted molar refractivity (Wildman–Crippen MR) is 126 cm³/mol. The number of methoxy groups -OCH3 is 1.